The second-order valence-corrected chi connectivity index (χ2v) is 6.30. The topological polar surface area (TPSA) is 74.5 Å². The zero-order valence-corrected chi connectivity index (χ0v) is 18.9. The summed E-state index contributed by atoms with van der Waals surface area (Å²) in [6.45, 7) is 7.44. The number of benzene rings is 1. The lowest BCUT2D eigenvalue weighted by atomic mass is 10.2. The van der Waals surface area contributed by atoms with Crippen molar-refractivity contribution in [3.63, 3.8) is 0 Å². The molecule has 8 heteroatoms. The molecule has 0 aliphatic heterocycles. The third-order valence-corrected chi connectivity index (χ3v) is 3.89. The summed E-state index contributed by atoms with van der Waals surface area (Å²) in [6.07, 6.45) is 0. The third-order valence-electron chi connectivity index (χ3n) is 3.89. The molecule has 2 rings (SSSR count). The highest BCUT2D eigenvalue weighted by Crippen LogP contribution is 2.17. The van der Waals surface area contributed by atoms with Crippen molar-refractivity contribution in [2.45, 2.75) is 27.3 Å². The monoisotopic (exact) mass is 484 g/mol. The van der Waals surface area contributed by atoms with E-state index in [2.05, 4.69) is 26.8 Å². The first-order valence-corrected chi connectivity index (χ1v) is 8.76. The van der Waals surface area contributed by atoms with Gasteiger partial charge in [0.2, 0.25) is 5.91 Å². The number of aromatic nitrogens is 2. The van der Waals surface area contributed by atoms with Crippen LogP contribution in [0, 0.1) is 13.8 Å². The van der Waals surface area contributed by atoms with E-state index in [1.165, 1.54) is 0 Å². The fourth-order valence-electron chi connectivity index (χ4n) is 2.55. The van der Waals surface area contributed by atoms with Crippen LogP contribution in [0.4, 0.5) is 0 Å². The van der Waals surface area contributed by atoms with Gasteiger partial charge in [0.25, 0.3) is 0 Å². The van der Waals surface area contributed by atoms with Gasteiger partial charge in [-0.2, -0.15) is 5.10 Å². The Balaban J connectivity index is 0.00000364. The maximum absolute atomic E-state index is 11.8. The van der Waals surface area contributed by atoms with Crippen LogP contribution in [0.3, 0.4) is 0 Å². The molecule has 0 aliphatic rings. The maximum Gasteiger partial charge on any atom is 0.241 e. The van der Waals surface area contributed by atoms with Gasteiger partial charge in [0.05, 0.1) is 24.5 Å². The fraction of sp³-hybridized carbons (Fsp3) is 0.421. The lowest BCUT2D eigenvalue weighted by Crippen LogP contribution is -2.42. The summed E-state index contributed by atoms with van der Waals surface area (Å²) in [7, 11) is 3.47. The molecule has 0 saturated carbocycles. The predicted octanol–water partition coefficient (Wildman–Crippen LogP) is 2.25. The number of guanidine groups is 1. The predicted molar refractivity (Wildman–Crippen MR) is 120 cm³/mol. The second-order valence-electron chi connectivity index (χ2n) is 6.30. The van der Waals surface area contributed by atoms with Crippen LogP contribution in [0.15, 0.2) is 35.3 Å². The van der Waals surface area contributed by atoms with E-state index in [-0.39, 0.29) is 36.4 Å². The molecule has 1 amide bonds. The molecule has 1 aromatic carbocycles. The van der Waals surface area contributed by atoms with Crippen molar-refractivity contribution < 1.29 is 4.79 Å². The van der Waals surface area contributed by atoms with Crippen LogP contribution < -0.4 is 10.6 Å². The highest BCUT2D eigenvalue weighted by molar-refractivity contribution is 14.0. The van der Waals surface area contributed by atoms with E-state index in [0.717, 1.165) is 29.2 Å². The van der Waals surface area contributed by atoms with Crippen molar-refractivity contribution in [3.8, 4) is 5.69 Å². The lowest BCUT2D eigenvalue weighted by molar-refractivity contribution is -0.127. The number of halogens is 1. The summed E-state index contributed by atoms with van der Waals surface area (Å²) in [4.78, 5) is 17.9. The molecule has 0 atom stereocenters. The first kappa shape index (κ1) is 22.9. The van der Waals surface area contributed by atoms with Gasteiger partial charge in [-0.3, -0.25) is 4.79 Å². The van der Waals surface area contributed by atoms with Crippen LogP contribution in [-0.4, -0.2) is 53.7 Å². The molecule has 148 valence electrons. The number of aryl methyl sites for hydroxylation is 2. The molecule has 1 aromatic heterocycles. The average molecular weight is 484 g/mol. The van der Waals surface area contributed by atoms with Crippen LogP contribution in [0.1, 0.15) is 23.9 Å². The normalized spacial score (nSPS) is 10.9. The first-order chi connectivity index (χ1) is 12.4. The molecule has 2 aromatic rings. The number of para-hydroxylation sites is 1. The SMILES string of the molecule is CCNC(=NCc1ccccc1-n1nc(C)cc1C)NCC(=O)N(C)C.I. The van der Waals surface area contributed by atoms with Crippen LogP contribution in [0.25, 0.3) is 5.69 Å². The highest BCUT2D eigenvalue weighted by atomic mass is 127. The molecular formula is C19H29IN6O. The van der Waals surface area contributed by atoms with E-state index in [1.54, 1.807) is 19.0 Å². The average Bonchev–Trinajstić information content (AvgIpc) is 2.95. The molecule has 1 heterocycles. The minimum absolute atomic E-state index is 0. The maximum atomic E-state index is 11.8. The Morgan fingerprint density at radius 3 is 2.52 bits per heavy atom. The highest BCUT2D eigenvalue weighted by Gasteiger charge is 2.09. The van der Waals surface area contributed by atoms with Gasteiger partial charge in [0, 0.05) is 26.3 Å². The smallest absolute Gasteiger partial charge is 0.241 e. The van der Waals surface area contributed by atoms with Gasteiger partial charge in [0.1, 0.15) is 0 Å². The van der Waals surface area contributed by atoms with Crippen LogP contribution in [-0.2, 0) is 11.3 Å². The molecule has 0 fully saturated rings. The van der Waals surface area contributed by atoms with Crippen LogP contribution in [0.2, 0.25) is 0 Å². The van der Waals surface area contributed by atoms with Crippen molar-refractivity contribution in [3.05, 3.63) is 47.3 Å². The van der Waals surface area contributed by atoms with Gasteiger partial charge in [-0.25, -0.2) is 9.67 Å². The Hall–Kier alpha value is -2.10. The number of nitrogens with zero attached hydrogens (tertiary/aromatic N) is 4. The fourth-order valence-corrected chi connectivity index (χ4v) is 2.55. The number of amides is 1. The van der Waals surface area contributed by atoms with E-state index in [1.807, 2.05) is 49.7 Å². The standard InChI is InChI=1S/C19H28N6O.HI/c1-6-20-19(22-13-18(26)24(4)5)21-12-16-9-7-8-10-17(16)25-15(3)11-14(2)23-25;/h7-11H,6,12-13H2,1-5H3,(H2,20,21,22);1H. The minimum atomic E-state index is -0.00126. The minimum Gasteiger partial charge on any atom is -0.357 e. The van der Waals surface area contributed by atoms with Crippen molar-refractivity contribution >= 4 is 35.8 Å². The van der Waals surface area contributed by atoms with Crippen molar-refractivity contribution in [2.24, 2.45) is 4.99 Å². The van der Waals surface area contributed by atoms with Gasteiger partial charge in [-0.15, -0.1) is 24.0 Å². The number of rotatable bonds is 6. The van der Waals surface area contributed by atoms with Gasteiger partial charge in [0.15, 0.2) is 5.96 Å². The molecule has 0 aliphatic carbocycles. The van der Waals surface area contributed by atoms with Crippen LogP contribution >= 0.6 is 24.0 Å². The molecule has 0 spiro atoms. The Kier molecular flexibility index (Phi) is 9.27. The molecule has 7 nitrogen and oxygen atoms in total. The van der Waals surface area contributed by atoms with Crippen molar-refractivity contribution in [2.75, 3.05) is 27.2 Å². The molecule has 0 saturated heterocycles. The summed E-state index contributed by atoms with van der Waals surface area (Å²) in [5, 5.41) is 10.8. The number of hydrogen-bond donors (Lipinski definition) is 2. The van der Waals surface area contributed by atoms with Gasteiger partial charge in [-0.1, -0.05) is 18.2 Å². The Morgan fingerprint density at radius 2 is 1.93 bits per heavy atom. The molecule has 0 bridgehead atoms. The van der Waals surface area contributed by atoms with E-state index in [4.69, 9.17) is 0 Å². The zero-order chi connectivity index (χ0) is 19.1. The largest absolute Gasteiger partial charge is 0.357 e. The number of nitrogens with one attached hydrogen (secondary N) is 2. The Labute approximate surface area is 178 Å². The molecule has 2 N–H and O–H groups in total. The van der Waals surface area contributed by atoms with Gasteiger partial charge < -0.3 is 15.5 Å². The number of carbonyl (C=O) groups is 1. The summed E-state index contributed by atoms with van der Waals surface area (Å²) in [5.74, 6) is 0.615. The van der Waals surface area contributed by atoms with E-state index in [9.17, 15) is 4.79 Å². The van der Waals surface area contributed by atoms with E-state index >= 15 is 0 Å². The van der Waals surface area contributed by atoms with Gasteiger partial charge >= 0.3 is 0 Å². The van der Waals surface area contributed by atoms with Gasteiger partial charge in [-0.05, 0) is 38.5 Å². The number of likely N-dealkylation sites (N-methyl/N-ethyl adjacent to an activating group) is 1. The Morgan fingerprint density at radius 1 is 1.22 bits per heavy atom. The van der Waals surface area contributed by atoms with E-state index in [0.29, 0.717) is 12.5 Å². The molecule has 0 radical (unpaired) electrons. The third kappa shape index (κ3) is 6.53. The number of carbonyl (C=O) groups excluding carboxylic acids is 1. The first-order valence-electron chi connectivity index (χ1n) is 8.76. The quantitative estimate of drug-likeness (QED) is 0.375. The summed E-state index contributed by atoms with van der Waals surface area (Å²) < 4.78 is 1.94. The lowest BCUT2D eigenvalue weighted by Gasteiger charge is -2.15. The summed E-state index contributed by atoms with van der Waals surface area (Å²) in [6, 6.07) is 10.1. The van der Waals surface area contributed by atoms with Crippen molar-refractivity contribution in [1.82, 2.24) is 25.3 Å². The van der Waals surface area contributed by atoms with Crippen molar-refractivity contribution in [1.29, 1.82) is 0 Å². The zero-order valence-electron chi connectivity index (χ0n) is 16.6. The number of hydrogen-bond acceptors (Lipinski definition) is 3. The van der Waals surface area contributed by atoms with E-state index < -0.39 is 0 Å². The molecule has 27 heavy (non-hydrogen) atoms. The molecular weight excluding hydrogens is 455 g/mol. The Bertz CT molecular complexity index is 784. The number of aliphatic imine (C=N–C) groups is 1. The summed E-state index contributed by atoms with van der Waals surface area (Å²) in [5.41, 5.74) is 4.15. The van der Waals surface area contributed by atoms with Crippen LogP contribution in [0.5, 0.6) is 0 Å². The molecule has 0 unspecified atom stereocenters. The second kappa shape index (κ2) is 10.9. The summed E-state index contributed by atoms with van der Waals surface area (Å²) >= 11 is 0.